The average Bonchev–Trinajstić information content (AvgIpc) is 2.87. The molecule has 0 spiro atoms. The number of benzene rings is 2. The van der Waals surface area contributed by atoms with E-state index >= 15 is 0 Å². The van der Waals surface area contributed by atoms with Crippen molar-refractivity contribution < 1.29 is 94.6 Å². The third kappa shape index (κ3) is 9.43. The zero-order valence-electron chi connectivity index (χ0n) is 22.4. The Morgan fingerprint density at radius 2 is 1.50 bits per heavy atom. The van der Waals surface area contributed by atoms with Crippen LogP contribution in [0.4, 0.5) is 8.78 Å². The molecular weight excluding hydrogens is 553 g/mol. The summed E-state index contributed by atoms with van der Waals surface area (Å²) in [6.07, 6.45) is 1.92. The van der Waals surface area contributed by atoms with E-state index in [0.717, 1.165) is 24.3 Å². The van der Waals surface area contributed by atoms with Crippen LogP contribution in [-0.2, 0) is 4.79 Å². The Morgan fingerprint density at radius 1 is 0.950 bits per heavy atom. The van der Waals surface area contributed by atoms with Gasteiger partial charge >= 0.3 is 65.6 Å². The molecule has 1 aliphatic carbocycles. The zero-order valence-corrected chi connectivity index (χ0v) is 25.6. The fraction of sp³-hybridized carbons (Fsp3) is 0.320. The predicted octanol–water partition coefficient (Wildman–Crippen LogP) is -4.09. The molecule has 10 nitrogen and oxygen atoms in total. The van der Waals surface area contributed by atoms with E-state index in [1.165, 1.54) is 17.0 Å². The maximum atomic E-state index is 13.9. The van der Waals surface area contributed by atoms with Crippen LogP contribution in [0.1, 0.15) is 46.4 Å². The Bertz CT molecular complexity index is 1190. The van der Waals surface area contributed by atoms with Crippen LogP contribution >= 0.6 is 0 Å². The maximum Gasteiger partial charge on any atom is 1.00 e. The van der Waals surface area contributed by atoms with Gasteiger partial charge in [-0.2, -0.15) is 0 Å². The van der Waals surface area contributed by atoms with Gasteiger partial charge in [-0.1, -0.05) is 0 Å². The molecule has 2 unspecified atom stereocenters. The van der Waals surface area contributed by atoms with Crippen LogP contribution < -0.4 is 72.9 Å². The van der Waals surface area contributed by atoms with E-state index in [0.29, 0.717) is 19.3 Å². The van der Waals surface area contributed by atoms with Crippen molar-refractivity contribution >= 4 is 42.9 Å². The van der Waals surface area contributed by atoms with Crippen LogP contribution in [0.15, 0.2) is 36.4 Å². The van der Waals surface area contributed by atoms with Crippen molar-refractivity contribution in [2.45, 2.75) is 37.8 Å². The molecule has 0 aromatic heterocycles. The summed E-state index contributed by atoms with van der Waals surface area (Å²) in [5, 5.41) is 42.8. The number of carbonyl (C=O) groups excluding carboxylic acids is 3. The summed E-state index contributed by atoms with van der Waals surface area (Å²) in [4.78, 5) is 39.9. The third-order valence-corrected chi connectivity index (χ3v) is 6.38. The second kappa shape index (κ2) is 16.7. The fourth-order valence-corrected chi connectivity index (χ4v) is 4.49. The molecule has 1 fully saturated rings. The number of hydrogen-bond donors (Lipinski definition) is 6. The van der Waals surface area contributed by atoms with Gasteiger partial charge in [-0.25, -0.2) is 8.78 Å². The second-order valence-corrected chi connectivity index (χ2v) is 8.99. The molecule has 0 saturated heterocycles. The first kappa shape index (κ1) is 36.3. The Balaban J connectivity index is 0.00000400. The van der Waals surface area contributed by atoms with Gasteiger partial charge in [0.2, 0.25) is 5.91 Å². The minimum Gasteiger partial charge on any atom is -0.423 e. The largest absolute Gasteiger partial charge is 1.00 e. The van der Waals surface area contributed by atoms with Crippen molar-refractivity contribution in [3.63, 3.8) is 0 Å². The molecule has 6 N–H and O–H groups in total. The Kier molecular flexibility index (Phi) is 15.2. The first-order valence-corrected chi connectivity index (χ1v) is 12.0. The normalized spacial score (nSPS) is 16.1. The first-order valence-electron chi connectivity index (χ1n) is 12.0. The summed E-state index contributed by atoms with van der Waals surface area (Å²) >= 11 is 0. The minimum absolute atomic E-state index is 0. The van der Waals surface area contributed by atoms with Gasteiger partial charge in [0.1, 0.15) is 18.2 Å². The van der Waals surface area contributed by atoms with E-state index in [1.54, 1.807) is 0 Å². The number of halogens is 2. The Labute approximate surface area is 275 Å². The van der Waals surface area contributed by atoms with E-state index in [-0.39, 0.29) is 89.4 Å². The molecule has 0 heterocycles. The quantitative estimate of drug-likeness (QED) is 0.129. The number of nitrogens with one attached hydrogen (secondary N) is 2. The number of amides is 3. The molecular formula is C25H31B2F2KN3O7-. The molecule has 3 rings (SSSR count). The van der Waals surface area contributed by atoms with Crippen LogP contribution in [0.25, 0.3) is 0 Å². The maximum absolute atomic E-state index is 13.9. The molecule has 210 valence electrons. The fourth-order valence-electron chi connectivity index (χ4n) is 4.49. The van der Waals surface area contributed by atoms with Gasteiger partial charge in [0, 0.05) is 34.1 Å². The molecule has 1 saturated carbocycles. The second-order valence-electron chi connectivity index (χ2n) is 8.99. The van der Waals surface area contributed by atoms with Gasteiger partial charge < -0.3 is 50.0 Å². The van der Waals surface area contributed by atoms with Crippen LogP contribution in [-0.4, -0.2) is 82.1 Å². The van der Waals surface area contributed by atoms with Crippen molar-refractivity contribution in [3.05, 3.63) is 73.5 Å². The Morgan fingerprint density at radius 3 is 2.05 bits per heavy atom. The van der Waals surface area contributed by atoms with Gasteiger partial charge in [0.05, 0.1) is 0 Å². The summed E-state index contributed by atoms with van der Waals surface area (Å²) in [5.74, 6) is -3.48. The molecule has 2 atom stereocenters. The number of hydrogen-bond acceptors (Lipinski definition) is 7. The first-order chi connectivity index (χ1) is 18.0. The smallest absolute Gasteiger partial charge is 0.423 e. The van der Waals surface area contributed by atoms with Gasteiger partial charge in [-0.05, 0) is 62.1 Å². The number of nitrogens with zero attached hydrogens (tertiary/aromatic N) is 1. The minimum atomic E-state index is -2.14. The van der Waals surface area contributed by atoms with Crippen LogP contribution in [0.2, 0.25) is 0 Å². The van der Waals surface area contributed by atoms with Gasteiger partial charge in [0.15, 0.2) is 0 Å². The molecule has 0 aliphatic heterocycles. The molecule has 0 radical (unpaired) electrons. The van der Waals surface area contributed by atoms with Crippen LogP contribution in [0.3, 0.4) is 0 Å². The topological polar surface area (TPSA) is 159 Å². The summed E-state index contributed by atoms with van der Waals surface area (Å²) in [6.45, 7) is 3.29. The molecule has 0 bridgehead atoms. The van der Waals surface area contributed by atoms with E-state index in [2.05, 4.69) is 17.6 Å². The molecule has 2 aromatic rings. The summed E-state index contributed by atoms with van der Waals surface area (Å²) in [7, 11) is -4.23. The molecule has 3 amide bonds. The van der Waals surface area contributed by atoms with Gasteiger partial charge in [0.25, 0.3) is 11.8 Å². The summed E-state index contributed by atoms with van der Waals surface area (Å²) in [5.41, 5.74) is -0.970. The van der Waals surface area contributed by atoms with Gasteiger partial charge in [-0.3, -0.25) is 14.4 Å². The molecule has 1 aliphatic rings. The summed E-state index contributed by atoms with van der Waals surface area (Å²) in [6, 6.07) is 5.39. The van der Waals surface area contributed by atoms with E-state index < -0.39 is 66.6 Å². The average molecular weight is 584 g/mol. The molecule has 2 aromatic carbocycles. The van der Waals surface area contributed by atoms with Crippen molar-refractivity contribution in [3.8, 4) is 0 Å². The van der Waals surface area contributed by atoms with Crippen molar-refractivity contribution in [2.24, 2.45) is 0 Å². The standard InChI is InChI=1S/C24H28B2F2N3O7.CH3.K/c1-2-29-22(32)13-31(24(34)15-7-9-21(28)19(11-15)26(37)38)17-5-3-4-16(12-17)30-23(33)14-6-8-20(27)18(10-14)25(35)36;;/h6-11,16-17,35-38H,1-5,12-13H2,(H,29,32)(H,30,33);1H3;/q2*-1;+1. The van der Waals surface area contributed by atoms with Gasteiger partial charge in [-0.15, -0.1) is 6.54 Å². The van der Waals surface area contributed by atoms with Crippen molar-refractivity contribution in [1.29, 1.82) is 0 Å². The van der Waals surface area contributed by atoms with E-state index in [1.807, 2.05) is 0 Å². The van der Waals surface area contributed by atoms with Crippen LogP contribution in [0, 0.1) is 26.0 Å². The molecule has 15 heteroatoms. The summed E-state index contributed by atoms with van der Waals surface area (Å²) < 4.78 is 27.7. The monoisotopic (exact) mass is 584 g/mol. The van der Waals surface area contributed by atoms with Crippen molar-refractivity contribution in [2.75, 3.05) is 13.1 Å². The predicted molar refractivity (Wildman–Crippen MR) is 142 cm³/mol. The zero-order chi connectivity index (χ0) is 28.0. The Hall–Kier alpha value is -1.68. The SMILES string of the molecule is [CH2-]CNC(=O)CN(C(=O)c1ccc(F)c(B(O)O)c1)C1CCCC(NC(=O)c2ccc(F)c(B(O)O)c2)C1.[CH3-].[K+]. The third-order valence-electron chi connectivity index (χ3n) is 6.38. The number of rotatable bonds is 9. The molecule has 40 heavy (non-hydrogen) atoms. The van der Waals surface area contributed by atoms with E-state index in [9.17, 15) is 43.3 Å². The van der Waals surface area contributed by atoms with E-state index in [4.69, 9.17) is 0 Å². The van der Waals surface area contributed by atoms with Crippen LogP contribution in [0.5, 0.6) is 0 Å². The number of carbonyl (C=O) groups is 3. The van der Waals surface area contributed by atoms with Crippen molar-refractivity contribution in [1.82, 2.24) is 15.5 Å².